The second-order valence-electron chi connectivity index (χ2n) is 5.78. The summed E-state index contributed by atoms with van der Waals surface area (Å²) < 4.78 is 20.9. The van der Waals surface area contributed by atoms with E-state index >= 15 is 0 Å². The maximum absolute atomic E-state index is 13.2. The van der Waals surface area contributed by atoms with Crippen LogP contribution in [0, 0.1) is 18.7 Å². The van der Waals surface area contributed by atoms with Crippen molar-refractivity contribution in [2.24, 2.45) is 5.92 Å². The number of ether oxygens (including phenoxy) is 1. The third-order valence-electron chi connectivity index (χ3n) is 4.18. The van der Waals surface area contributed by atoms with Gasteiger partial charge in [0, 0.05) is 37.7 Å². The summed E-state index contributed by atoms with van der Waals surface area (Å²) in [6, 6.07) is 4.87. The molecule has 1 atom stereocenters. The van der Waals surface area contributed by atoms with E-state index in [0.717, 1.165) is 43.1 Å². The van der Waals surface area contributed by atoms with Crippen LogP contribution in [0.5, 0.6) is 0 Å². The molecule has 0 spiro atoms. The van der Waals surface area contributed by atoms with Crippen LogP contribution in [0.15, 0.2) is 30.6 Å². The van der Waals surface area contributed by atoms with Crippen LogP contribution in [0.4, 0.5) is 4.39 Å². The van der Waals surface area contributed by atoms with Crippen molar-refractivity contribution in [2.45, 2.75) is 32.7 Å². The molecule has 4 heteroatoms. The van der Waals surface area contributed by atoms with Crippen molar-refractivity contribution in [1.29, 1.82) is 0 Å². The molecule has 0 amide bonds. The van der Waals surface area contributed by atoms with Crippen molar-refractivity contribution in [3.63, 3.8) is 0 Å². The van der Waals surface area contributed by atoms with E-state index in [-0.39, 0.29) is 5.82 Å². The molecule has 2 aromatic rings. The van der Waals surface area contributed by atoms with Gasteiger partial charge in [0.05, 0.1) is 0 Å². The first-order valence-electron chi connectivity index (χ1n) is 7.59. The maximum Gasteiger partial charge on any atom is 0.140 e. The summed E-state index contributed by atoms with van der Waals surface area (Å²) in [4.78, 5) is 4.45. The number of aryl methyl sites for hydroxylation is 2. The number of rotatable bonds is 4. The Morgan fingerprint density at radius 1 is 1.43 bits per heavy atom. The number of hydrogen-bond acceptors (Lipinski definition) is 2. The smallest absolute Gasteiger partial charge is 0.140 e. The van der Waals surface area contributed by atoms with Crippen molar-refractivity contribution in [2.75, 3.05) is 13.2 Å². The predicted octanol–water partition coefficient (Wildman–Crippen LogP) is 3.81. The minimum Gasteiger partial charge on any atom is -0.381 e. The number of nitrogens with zero attached hydrogens (tertiary/aromatic N) is 2. The van der Waals surface area contributed by atoms with Gasteiger partial charge in [-0.3, -0.25) is 0 Å². The van der Waals surface area contributed by atoms with Crippen LogP contribution in [-0.2, 0) is 11.3 Å². The minimum absolute atomic E-state index is 0.200. The van der Waals surface area contributed by atoms with Crippen LogP contribution in [-0.4, -0.2) is 22.8 Å². The van der Waals surface area contributed by atoms with Gasteiger partial charge in [-0.1, -0.05) is 0 Å². The average Bonchev–Trinajstić information content (AvgIpc) is 2.94. The van der Waals surface area contributed by atoms with Gasteiger partial charge >= 0.3 is 0 Å². The van der Waals surface area contributed by atoms with Crippen LogP contribution in [0.2, 0.25) is 0 Å². The van der Waals surface area contributed by atoms with Crippen LogP contribution in [0.25, 0.3) is 11.4 Å². The minimum atomic E-state index is -0.200. The summed E-state index contributed by atoms with van der Waals surface area (Å²) in [5.74, 6) is 1.36. The zero-order valence-corrected chi connectivity index (χ0v) is 12.4. The summed E-state index contributed by atoms with van der Waals surface area (Å²) in [6.07, 6.45) is 7.33. The predicted molar refractivity (Wildman–Crippen MR) is 80.5 cm³/mol. The lowest BCUT2D eigenvalue weighted by Crippen LogP contribution is -2.19. The second kappa shape index (κ2) is 6.39. The fraction of sp³-hybridized carbons (Fsp3) is 0.471. The first kappa shape index (κ1) is 14.3. The van der Waals surface area contributed by atoms with E-state index in [1.54, 1.807) is 6.07 Å². The molecule has 21 heavy (non-hydrogen) atoms. The summed E-state index contributed by atoms with van der Waals surface area (Å²) in [6.45, 7) is 4.63. The lowest BCUT2D eigenvalue weighted by molar-refractivity contribution is 0.0501. The Hall–Kier alpha value is -1.68. The van der Waals surface area contributed by atoms with Gasteiger partial charge in [0.15, 0.2) is 0 Å². The number of hydrogen-bond donors (Lipinski definition) is 0. The van der Waals surface area contributed by atoms with Gasteiger partial charge in [-0.05, 0) is 55.9 Å². The van der Waals surface area contributed by atoms with E-state index in [0.29, 0.717) is 5.92 Å². The van der Waals surface area contributed by atoms with Gasteiger partial charge in [0.25, 0.3) is 0 Å². The van der Waals surface area contributed by atoms with Gasteiger partial charge in [-0.2, -0.15) is 0 Å². The molecule has 0 radical (unpaired) electrons. The Balaban J connectivity index is 1.74. The maximum atomic E-state index is 13.2. The van der Waals surface area contributed by atoms with Gasteiger partial charge in [-0.15, -0.1) is 0 Å². The van der Waals surface area contributed by atoms with E-state index in [1.807, 2.05) is 25.4 Å². The molecular formula is C17H21FN2O. The van der Waals surface area contributed by atoms with E-state index in [9.17, 15) is 4.39 Å². The Morgan fingerprint density at radius 2 is 2.33 bits per heavy atom. The van der Waals surface area contributed by atoms with E-state index < -0.39 is 0 Å². The Kier molecular flexibility index (Phi) is 4.34. The molecule has 1 unspecified atom stereocenters. The van der Waals surface area contributed by atoms with E-state index in [1.165, 1.54) is 18.9 Å². The van der Waals surface area contributed by atoms with Crippen LogP contribution in [0.3, 0.4) is 0 Å². The van der Waals surface area contributed by atoms with Gasteiger partial charge in [0.2, 0.25) is 0 Å². The molecule has 1 aliphatic rings. The summed E-state index contributed by atoms with van der Waals surface area (Å²) >= 11 is 0. The quantitative estimate of drug-likeness (QED) is 0.855. The highest BCUT2D eigenvalue weighted by atomic mass is 19.1. The lowest BCUT2D eigenvalue weighted by Gasteiger charge is -2.22. The van der Waals surface area contributed by atoms with Gasteiger partial charge in [0.1, 0.15) is 11.6 Å². The Labute approximate surface area is 124 Å². The molecule has 0 saturated carbocycles. The average molecular weight is 288 g/mol. The summed E-state index contributed by atoms with van der Waals surface area (Å²) in [5.41, 5.74) is 1.92. The number of imidazole rings is 1. The largest absolute Gasteiger partial charge is 0.381 e. The molecule has 0 bridgehead atoms. The molecule has 2 heterocycles. The lowest BCUT2D eigenvalue weighted by atomic mass is 9.98. The Bertz CT molecular complexity index is 603. The molecule has 1 aliphatic heterocycles. The molecule has 1 saturated heterocycles. The monoisotopic (exact) mass is 288 g/mol. The molecule has 0 N–H and O–H groups in total. The molecular weight excluding hydrogens is 267 g/mol. The second-order valence-corrected chi connectivity index (χ2v) is 5.78. The molecule has 0 aliphatic carbocycles. The normalized spacial score (nSPS) is 18.9. The molecule has 3 nitrogen and oxygen atoms in total. The number of halogens is 1. The number of benzene rings is 1. The molecule has 112 valence electrons. The standard InChI is InChI=1S/C17H21FN2O/c1-13-11-15(18)4-5-16(13)17-19-7-9-20(17)8-6-14-3-2-10-21-12-14/h4-5,7,9,11,14H,2-3,6,8,10,12H2,1H3. The third-order valence-corrected chi connectivity index (χ3v) is 4.18. The molecule has 3 rings (SSSR count). The molecule has 1 aromatic heterocycles. The first-order chi connectivity index (χ1) is 10.2. The fourth-order valence-corrected chi connectivity index (χ4v) is 2.97. The van der Waals surface area contributed by atoms with Gasteiger partial charge < -0.3 is 9.30 Å². The highest BCUT2D eigenvalue weighted by Gasteiger charge is 2.15. The van der Waals surface area contributed by atoms with Crippen molar-refractivity contribution < 1.29 is 9.13 Å². The topological polar surface area (TPSA) is 27.1 Å². The third kappa shape index (κ3) is 3.32. The van der Waals surface area contributed by atoms with E-state index in [4.69, 9.17) is 4.74 Å². The SMILES string of the molecule is Cc1cc(F)ccc1-c1nccn1CCC1CCCOC1. The van der Waals surface area contributed by atoms with Crippen LogP contribution >= 0.6 is 0 Å². The van der Waals surface area contributed by atoms with Crippen molar-refractivity contribution in [1.82, 2.24) is 9.55 Å². The van der Waals surface area contributed by atoms with Crippen molar-refractivity contribution >= 4 is 0 Å². The number of aromatic nitrogens is 2. The van der Waals surface area contributed by atoms with Crippen molar-refractivity contribution in [3.8, 4) is 11.4 Å². The molecule has 1 aromatic carbocycles. The highest BCUT2D eigenvalue weighted by Crippen LogP contribution is 2.24. The Morgan fingerprint density at radius 3 is 3.10 bits per heavy atom. The van der Waals surface area contributed by atoms with E-state index in [2.05, 4.69) is 9.55 Å². The van der Waals surface area contributed by atoms with Crippen molar-refractivity contribution in [3.05, 3.63) is 42.0 Å². The fourth-order valence-electron chi connectivity index (χ4n) is 2.97. The first-order valence-corrected chi connectivity index (χ1v) is 7.59. The summed E-state index contributed by atoms with van der Waals surface area (Å²) in [5, 5.41) is 0. The van der Waals surface area contributed by atoms with Crippen LogP contribution < -0.4 is 0 Å². The summed E-state index contributed by atoms with van der Waals surface area (Å²) in [7, 11) is 0. The van der Waals surface area contributed by atoms with Crippen LogP contribution in [0.1, 0.15) is 24.8 Å². The highest BCUT2D eigenvalue weighted by molar-refractivity contribution is 5.60. The zero-order valence-electron chi connectivity index (χ0n) is 12.4. The molecule has 1 fully saturated rings. The zero-order chi connectivity index (χ0) is 14.7. The van der Waals surface area contributed by atoms with Gasteiger partial charge in [-0.25, -0.2) is 9.37 Å².